The molecule has 0 atom stereocenters. The smallest absolute Gasteiger partial charge is 0.114 e. The number of alkyl halides is 1. The van der Waals surface area contributed by atoms with Crippen LogP contribution >= 0.6 is 11.8 Å². The van der Waals surface area contributed by atoms with E-state index in [1.165, 1.54) is 11.8 Å². The van der Waals surface area contributed by atoms with Crippen LogP contribution < -0.4 is 0 Å². The summed E-state index contributed by atoms with van der Waals surface area (Å²) in [7, 11) is 0. The standard InChI is InChI=1S/C12H14FNS/c1-12(2,13)9-15-11-5-3-10(4-6-11)7-8-14/h3-6H,7,9H2,1-2H3. The number of nitriles is 1. The molecule has 15 heavy (non-hydrogen) atoms. The van der Waals surface area contributed by atoms with Gasteiger partial charge in [0.15, 0.2) is 0 Å². The molecule has 0 amide bonds. The normalized spacial score (nSPS) is 11.1. The number of thioether (sulfide) groups is 1. The van der Waals surface area contributed by atoms with Crippen molar-refractivity contribution in [2.75, 3.05) is 5.75 Å². The van der Waals surface area contributed by atoms with E-state index < -0.39 is 5.67 Å². The monoisotopic (exact) mass is 223 g/mol. The number of halogens is 1. The van der Waals surface area contributed by atoms with Gasteiger partial charge in [0.25, 0.3) is 0 Å². The maximum Gasteiger partial charge on any atom is 0.114 e. The highest BCUT2D eigenvalue weighted by molar-refractivity contribution is 7.99. The van der Waals surface area contributed by atoms with Crippen molar-refractivity contribution in [1.29, 1.82) is 5.26 Å². The van der Waals surface area contributed by atoms with E-state index >= 15 is 0 Å². The summed E-state index contributed by atoms with van der Waals surface area (Å²) in [6.45, 7) is 3.15. The van der Waals surface area contributed by atoms with Crippen molar-refractivity contribution < 1.29 is 4.39 Å². The molecule has 0 aliphatic carbocycles. The molecule has 1 aromatic rings. The third-order valence-corrected chi connectivity index (χ3v) is 3.22. The van der Waals surface area contributed by atoms with Gasteiger partial charge in [0.1, 0.15) is 5.67 Å². The van der Waals surface area contributed by atoms with Crippen LogP contribution in [0.15, 0.2) is 29.2 Å². The minimum Gasteiger partial charge on any atom is -0.244 e. The Morgan fingerprint density at radius 2 is 1.93 bits per heavy atom. The SMILES string of the molecule is CC(C)(F)CSc1ccc(CC#N)cc1. The van der Waals surface area contributed by atoms with Gasteiger partial charge in [-0.15, -0.1) is 11.8 Å². The van der Waals surface area contributed by atoms with Gasteiger partial charge in [-0.05, 0) is 31.5 Å². The van der Waals surface area contributed by atoms with E-state index in [1.54, 1.807) is 13.8 Å². The first-order valence-electron chi connectivity index (χ1n) is 4.79. The van der Waals surface area contributed by atoms with Crippen LogP contribution in [0.5, 0.6) is 0 Å². The molecule has 0 aliphatic rings. The van der Waals surface area contributed by atoms with Crippen LogP contribution in [0.2, 0.25) is 0 Å². The molecule has 0 saturated heterocycles. The molecule has 0 radical (unpaired) electrons. The Morgan fingerprint density at radius 3 is 2.40 bits per heavy atom. The van der Waals surface area contributed by atoms with Crippen LogP contribution in [0.4, 0.5) is 4.39 Å². The average Bonchev–Trinajstić information content (AvgIpc) is 2.16. The van der Waals surface area contributed by atoms with Crippen LogP contribution in [0.3, 0.4) is 0 Å². The second-order valence-electron chi connectivity index (χ2n) is 3.99. The Bertz CT molecular complexity index is 345. The van der Waals surface area contributed by atoms with Crippen LogP contribution in [0, 0.1) is 11.3 Å². The molecule has 1 aromatic carbocycles. The maximum absolute atomic E-state index is 13.2. The molecule has 0 spiro atoms. The molecule has 0 unspecified atom stereocenters. The summed E-state index contributed by atoms with van der Waals surface area (Å²) in [5.41, 5.74) is -0.142. The second kappa shape index (κ2) is 5.18. The fraction of sp³-hybridized carbons (Fsp3) is 0.417. The molecule has 1 nitrogen and oxygen atoms in total. The van der Waals surface area contributed by atoms with Gasteiger partial charge in [0.05, 0.1) is 12.5 Å². The fourth-order valence-corrected chi connectivity index (χ4v) is 1.89. The van der Waals surface area contributed by atoms with Crippen molar-refractivity contribution in [2.24, 2.45) is 0 Å². The largest absolute Gasteiger partial charge is 0.244 e. The summed E-state index contributed by atoms with van der Waals surface area (Å²) in [5, 5.41) is 8.49. The lowest BCUT2D eigenvalue weighted by molar-refractivity contribution is 0.253. The van der Waals surface area contributed by atoms with Crippen LogP contribution in [0.1, 0.15) is 19.4 Å². The zero-order valence-corrected chi connectivity index (χ0v) is 9.77. The van der Waals surface area contributed by atoms with Crippen molar-refractivity contribution in [3.05, 3.63) is 29.8 Å². The number of hydrogen-bond acceptors (Lipinski definition) is 2. The van der Waals surface area contributed by atoms with Gasteiger partial charge in [-0.25, -0.2) is 4.39 Å². The van der Waals surface area contributed by atoms with Gasteiger partial charge in [-0.3, -0.25) is 0 Å². The molecule has 1 rings (SSSR count). The third kappa shape index (κ3) is 4.85. The molecule has 0 heterocycles. The second-order valence-corrected chi connectivity index (χ2v) is 5.03. The third-order valence-electron chi connectivity index (χ3n) is 1.79. The Morgan fingerprint density at radius 1 is 1.33 bits per heavy atom. The van der Waals surface area contributed by atoms with Crippen LogP contribution in [-0.2, 0) is 6.42 Å². The van der Waals surface area contributed by atoms with Gasteiger partial charge in [-0.2, -0.15) is 5.26 Å². The van der Waals surface area contributed by atoms with Crippen LogP contribution in [-0.4, -0.2) is 11.4 Å². The molecule has 0 fully saturated rings. The summed E-state index contributed by atoms with van der Waals surface area (Å²) in [4.78, 5) is 1.04. The predicted octanol–water partition coefficient (Wildman–Crippen LogP) is 3.59. The summed E-state index contributed by atoms with van der Waals surface area (Å²) < 4.78 is 13.2. The first kappa shape index (κ1) is 12.1. The molecule has 0 N–H and O–H groups in total. The number of benzene rings is 1. The topological polar surface area (TPSA) is 23.8 Å². The van der Waals surface area contributed by atoms with Crippen molar-refractivity contribution in [3.63, 3.8) is 0 Å². The lowest BCUT2D eigenvalue weighted by Gasteiger charge is -2.12. The van der Waals surface area contributed by atoms with Gasteiger partial charge in [0, 0.05) is 10.6 Å². The average molecular weight is 223 g/mol. The van der Waals surface area contributed by atoms with Crippen molar-refractivity contribution in [2.45, 2.75) is 30.8 Å². The molecule has 3 heteroatoms. The predicted molar refractivity (Wildman–Crippen MR) is 61.7 cm³/mol. The Balaban J connectivity index is 2.54. The summed E-state index contributed by atoms with van der Waals surface area (Å²) in [6.07, 6.45) is 0.430. The van der Waals surface area contributed by atoms with E-state index in [1.807, 2.05) is 24.3 Å². The van der Waals surface area contributed by atoms with E-state index in [0.717, 1.165) is 10.5 Å². The summed E-state index contributed by atoms with van der Waals surface area (Å²) >= 11 is 1.50. The molecular formula is C12H14FNS. The van der Waals surface area contributed by atoms with Gasteiger partial charge < -0.3 is 0 Å². The Kier molecular flexibility index (Phi) is 4.16. The highest BCUT2D eigenvalue weighted by Gasteiger charge is 2.15. The van der Waals surface area contributed by atoms with Gasteiger partial charge >= 0.3 is 0 Å². The zero-order valence-electron chi connectivity index (χ0n) is 8.96. The zero-order chi connectivity index (χ0) is 11.3. The lowest BCUT2D eigenvalue weighted by Crippen LogP contribution is -2.14. The van der Waals surface area contributed by atoms with Crippen molar-refractivity contribution >= 4 is 11.8 Å². The van der Waals surface area contributed by atoms with Crippen molar-refractivity contribution in [3.8, 4) is 6.07 Å². The van der Waals surface area contributed by atoms with E-state index in [4.69, 9.17) is 5.26 Å². The highest BCUT2D eigenvalue weighted by Crippen LogP contribution is 2.24. The van der Waals surface area contributed by atoms with Gasteiger partial charge in [0.2, 0.25) is 0 Å². The molecule has 0 bridgehead atoms. The maximum atomic E-state index is 13.2. The quantitative estimate of drug-likeness (QED) is 0.728. The highest BCUT2D eigenvalue weighted by atomic mass is 32.2. The summed E-state index contributed by atoms with van der Waals surface area (Å²) in [6, 6.07) is 9.79. The molecule has 80 valence electrons. The number of nitrogens with zero attached hydrogens (tertiary/aromatic N) is 1. The first-order valence-corrected chi connectivity index (χ1v) is 5.77. The molecule has 0 aromatic heterocycles. The first-order chi connectivity index (χ1) is 7.01. The molecule has 0 saturated carbocycles. The summed E-state index contributed by atoms with van der Waals surface area (Å²) in [5.74, 6) is 0.449. The van der Waals surface area contributed by atoms with Gasteiger partial charge in [-0.1, -0.05) is 12.1 Å². The molecular weight excluding hydrogens is 209 g/mol. The van der Waals surface area contributed by atoms with E-state index in [-0.39, 0.29) is 0 Å². The van der Waals surface area contributed by atoms with Crippen molar-refractivity contribution in [1.82, 2.24) is 0 Å². The van der Waals surface area contributed by atoms with E-state index in [9.17, 15) is 4.39 Å². The Labute approximate surface area is 94.3 Å². The minimum atomic E-state index is -1.14. The Hall–Kier alpha value is -1.01. The number of rotatable bonds is 4. The van der Waals surface area contributed by atoms with E-state index in [0.29, 0.717) is 12.2 Å². The fourth-order valence-electron chi connectivity index (χ4n) is 1.05. The van der Waals surface area contributed by atoms with E-state index in [2.05, 4.69) is 6.07 Å². The number of hydrogen-bond donors (Lipinski definition) is 0. The minimum absolute atomic E-state index is 0.430. The van der Waals surface area contributed by atoms with Crippen LogP contribution in [0.25, 0.3) is 0 Å². The molecule has 0 aliphatic heterocycles. The lowest BCUT2D eigenvalue weighted by atomic mass is 10.2.